The average molecular weight is 412 g/mol. The number of alkyl halides is 3. The van der Waals surface area contributed by atoms with Crippen LogP contribution >= 0.6 is 11.8 Å². The third-order valence-electron chi connectivity index (χ3n) is 4.87. The van der Waals surface area contributed by atoms with E-state index in [1.165, 1.54) is 19.3 Å². The number of thioether (sulfide) groups is 1. The molecule has 152 valence electrons. The van der Waals surface area contributed by atoms with Crippen molar-refractivity contribution in [3.8, 4) is 5.75 Å². The number of nitrogens with zero attached hydrogens (tertiary/aromatic N) is 4. The lowest BCUT2D eigenvalue weighted by Gasteiger charge is -2.27. The molecule has 1 aromatic carbocycles. The topological polar surface area (TPSA) is 43.2 Å². The quantitative estimate of drug-likeness (QED) is 0.609. The van der Waals surface area contributed by atoms with Gasteiger partial charge in [-0.1, -0.05) is 23.9 Å². The molecule has 4 rings (SSSR count). The van der Waals surface area contributed by atoms with Crippen LogP contribution in [-0.4, -0.2) is 40.6 Å². The van der Waals surface area contributed by atoms with Crippen molar-refractivity contribution in [1.82, 2.24) is 14.8 Å². The largest absolute Gasteiger partial charge is 0.484 e. The van der Waals surface area contributed by atoms with Crippen LogP contribution in [0.5, 0.6) is 5.75 Å². The van der Waals surface area contributed by atoms with Crippen LogP contribution in [0, 0.1) is 0 Å². The molecule has 1 aromatic heterocycles. The van der Waals surface area contributed by atoms with Crippen molar-refractivity contribution in [1.29, 1.82) is 0 Å². The van der Waals surface area contributed by atoms with Gasteiger partial charge >= 0.3 is 6.18 Å². The summed E-state index contributed by atoms with van der Waals surface area (Å²) in [5.41, 5.74) is 0.898. The molecule has 0 atom stereocenters. The predicted octanol–water partition coefficient (Wildman–Crippen LogP) is 4.84. The van der Waals surface area contributed by atoms with Gasteiger partial charge in [-0.25, -0.2) is 0 Å². The van der Waals surface area contributed by atoms with Gasteiger partial charge in [0.2, 0.25) is 5.95 Å². The normalized spacial score (nSPS) is 17.8. The Bertz CT molecular complexity index is 801. The number of ether oxygens (including phenoxy) is 1. The summed E-state index contributed by atoms with van der Waals surface area (Å²) in [5, 5.41) is 9.75. The fourth-order valence-electron chi connectivity index (χ4n) is 3.37. The van der Waals surface area contributed by atoms with Crippen LogP contribution in [0.4, 0.5) is 19.1 Å². The molecule has 9 heteroatoms. The molecule has 1 aliphatic heterocycles. The summed E-state index contributed by atoms with van der Waals surface area (Å²) in [7, 11) is 0. The maximum Gasteiger partial charge on any atom is 0.422 e. The molecule has 28 heavy (non-hydrogen) atoms. The molecule has 2 aromatic rings. The first-order valence-electron chi connectivity index (χ1n) is 9.61. The van der Waals surface area contributed by atoms with Crippen molar-refractivity contribution in [3.05, 3.63) is 29.8 Å². The van der Waals surface area contributed by atoms with E-state index >= 15 is 0 Å². The van der Waals surface area contributed by atoms with Crippen LogP contribution in [-0.2, 0) is 5.75 Å². The molecular formula is C19H23F3N4OS. The molecule has 1 aliphatic carbocycles. The number of hydrogen-bond acceptors (Lipinski definition) is 5. The summed E-state index contributed by atoms with van der Waals surface area (Å²) in [6.45, 7) is 0.765. The van der Waals surface area contributed by atoms with Crippen molar-refractivity contribution < 1.29 is 17.9 Å². The van der Waals surface area contributed by atoms with E-state index in [0.717, 1.165) is 42.6 Å². The summed E-state index contributed by atoms with van der Waals surface area (Å²) < 4.78 is 44.1. The fourth-order valence-corrected chi connectivity index (χ4v) is 4.31. The molecule has 2 aliphatic rings. The zero-order valence-corrected chi connectivity index (χ0v) is 16.3. The second kappa shape index (κ2) is 8.23. The van der Waals surface area contributed by atoms with Crippen molar-refractivity contribution in [2.45, 2.75) is 55.2 Å². The Balaban J connectivity index is 1.43. The highest BCUT2D eigenvalue weighted by Crippen LogP contribution is 2.41. The highest BCUT2D eigenvalue weighted by molar-refractivity contribution is 7.98. The number of rotatable bonds is 7. The number of halogens is 3. The van der Waals surface area contributed by atoms with E-state index in [4.69, 9.17) is 4.74 Å². The Labute approximate surface area is 166 Å². The maximum atomic E-state index is 12.3. The van der Waals surface area contributed by atoms with Crippen LogP contribution in [0.2, 0.25) is 0 Å². The van der Waals surface area contributed by atoms with E-state index in [1.807, 2.05) is 6.07 Å². The molecule has 0 radical (unpaired) electrons. The molecule has 0 spiro atoms. The van der Waals surface area contributed by atoms with Gasteiger partial charge in [0.05, 0.1) is 0 Å². The first-order chi connectivity index (χ1) is 13.5. The molecule has 2 heterocycles. The number of benzene rings is 1. The number of aromatic nitrogens is 3. The van der Waals surface area contributed by atoms with Gasteiger partial charge in [0.15, 0.2) is 11.8 Å². The molecule has 0 unspecified atom stereocenters. The molecule has 0 bridgehead atoms. The standard InChI is InChI=1S/C19H23F3N4OS/c20-19(21,22)13-27-16-6-4-5-14(11-16)12-28-18-24-23-17(26(18)15-7-8-15)25-9-2-1-3-10-25/h4-6,11,15H,1-3,7-10,12-13H2. The Morgan fingerprint density at radius 1 is 1.11 bits per heavy atom. The van der Waals surface area contributed by atoms with Crippen LogP contribution < -0.4 is 9.64 Å². The monoisotopic (exact) mass is 412 g/mol. The van der Waals surface area contributed by atoms with E-state index in [-0.39, 0.29) is 5.75 Å². The van der Waals surface area contributed by atoms with Gasteiger partial charge in [0.1, 0.15) is 5.75 Å². The molecule has 2 fully saturated rings. The highest BCUT2D eigenvalue weighted by Gasteiger charge is 2.32. The Hall–Kier alpha value is -1.90. The minimum absolute atomic E-state index is 0.230. The SMILES string of the molecule is FC(F)(F)COc1cccc(CSc2nnc(N3CCCCC3)n2C2CC2)c1. The van der Waals surface area contributed by atoms with Gasteiger partial charge in [-0.15, -0.1) is 10.2 Å². The Kier molecular flexibility index (Phi) is 5.70. The van der Waals surface area contributed by atoms with E-state index in [0.29, 0.717) is 11.8 Å². The molecule has 1 saturated carbocycles. The van der Waals surface area contributed by atoms with Gasteiger partial charge in [0, 0.05) is 24.9 Å². The van der Waals surface area contributed by atoms with Gasteiger partial charge < -0.3 is 9.64 Å². The van der Waals surface area contributed by atoms with Crippen LogP contribution in [0.1, 0.15) is 43.7 Å². The van der Waals surface area contributed by atoms with Gasteiger partial charge in [-0.3, -0.25) is 4.57 Å². The second-order valence-electron chi connectivity index (χ2n) is 7.27. The molecule has 0 amide bonds. The van der Waals surface area contributed by atoms with Crippen LogP contribution in [0.3, 0.4) is 0 Å². The smallest absolute Gasteiger partial charge is 0.422 e. The van der Waals surface area contributed by atoms with Gasteiger partial charge in [-0.05, 0) is 49.8 Å². The van der Waals surface area contributed by atoms with Crippen molar-refractivity contribution in [2.75, 3.05) is 24.6 Å². The number of piperidine rings is 1. The number of hydrogen-bond donors (Lipinski definition) is 0. The minimum Gasteiger partial charge on any atom is -0.484 e. The summed E-state index contributed by atoms with van der Waals surface area (Å²) in [6, 6.07) is 7.27. The van der Waals surface area contributed by atoms with Gasteiger partial charge in [-0.2, -0.15) is 13.2 Å². The first kappa shape index (κ1) is 19.4. The second-order valence-corrected chi connectivity index (χ2v) is 8.21. The molecule has 1 saturated heterocycles. The molecule has 5 nitrogen and oxygen atoms in total. The average Bonchev–Trinajstić information content (AvgIpc) is 3.44. The maximum absolute atomic E-state index is 12.3. The van der Waals surface area contributed by atoms with E-state index < -0.39 is 12.8 Å². The first-order valence-corrected chi connectivity index (χ1v) is 10.6. The summed E-state index contributed by atoms with van der Waals surface area (Å²) in [6.07, 6.45) is 1.59. The van der Waals surface area contributed by atoms with Crippen molar-refractivity contribution >= 4 is 17.7 Å². The molecule has 0 N–H and O–H groups in total. The van der Waals surface area contributed by atoms with Gasteiger partial charge in [0.25, 0.3) is 0 Å². The Morgan fingerprint density at radius 3 is 2.61 bits per heavy atom. The number of anilines is 1. The van der Waals surface area contributed by atoms with Crippen LogP contribution in [0.15, 0.2) is 29.4 Å². The fraction of sp³-hybridized carbons (Fsp3) is 0.579. The minimum atomic E-state index is -4.34. The predicted molar refractivity (Wildman–Crippen MR) is 102 cm³/mol. The lowest BCUT2D eigenvalue weighted by Crippen LogP contribution is -2.31. The summed E-state index contributed by atoms with van der Waals surface area (Å²) in [5.74, 6) is 1.80. The van der Waals surface area contributed by atoms with E-state index in [2.05, 4.69) is 19.7 Å². The Morgan fingerprint density at radius 2 is 1.89 bits per heavy atom. The lowest BCUT2D eigenvalue weighted by molar-refractivity contribution is -0.153. The van der Waals surface area contributed by atoms with E-state index in [9.17, 15) is 13.2 Å². The van der Waals surface area contributed by atoms with Crippen molar-refractivity contribution in [2.24, 2.45) is 0 Å². The lowest BCUT2D eigenvalue weighted by atomic mass is 10.1. The summed E-state index contributed by atoms with van der Waals surface area (Å²) in [4.78, 5) is 2.32. The third-order valence-corrected chi connectivity index (χ3v) is 5.88. The zero-order chi connectivity index (χ0) is 19.6. The van der Waals surface area contributed by atoms with Crippen molar-refractivity contribution in [3.63, 3.8) is 0 Å². The van der Waals surface area contributed by atoms with Crippen LogP contribution in [0.25, 0.3) is 0 Å². The van der Waals surface area contributed by atoms with E-state index in [1.54, 1.807) is 30.0 Å². The summed E-state index contributed by atoms with van der Waals surface area (Å²) >= 11 is 1.57. The third kappa shape index (κ3) is 4.92. The highest BCUT2D eigenvalue weighted by atomic mass is 32.2. The zero-order valence-electron chi connectivity index (χ0n) is 15.5. The molecular weight excluding hydrogens is 389 g/mol.